The standard InChI is InChI=1S/C16H24N4O3/c1-12-9-13(2)20(17-12)7-4-5-14(21)19-8-6-16(11-19)10-18(3)15(22)23-16/h9H,4-8,10-11H2,1-3H3. The summed E-state index contributed by atoms with van der Waals surface area (Å²) in [6.45, 7) is 6.50. The van der Waals surface area contributed by atoms with Crippen molar-refractivity contribution in [3.8, 4) is 0 Å². The number of aromatic nitrogens is 2. The Labute approximate surface area is 136 Å². The van der Waals surface area contributed by atoms with E-state index in [0.717, 1.165) is 30.8 Å². The van der Waals surface area contributed by atoms with Crippen molar-refractivity contribution in [2.45, 2.75) is 45.3 Å². The number of ether oxygens (including phenoxy) is 1. The highest BCUT2D eigenvalue weighted by Gasteiger charge is 2.49. The maximum absolute atomic E-state index is 12.4. The highest BCUT2D eigenvalue weighted by Crippen LogP contribution is 2.32. The first kappa shape index (κ1) is 15.8. The molecule has 1 spiro atoms. The molecule has 3 heterocycles. The second-order valence-corrected chi connectivity index (χ2v) is 6.73. The van der Waals surface area contributed by atoms with Gasteiger partial charge in [-0.2, -0.15) is 5.10 Å². The molecule has 3 rings (SSSR count). The first-order valence-electron chi connectivity index (χ1n) is 8.11. The fourth-order valence-electron chi connectivity index (χ4n) is 3.50. The second kappa shape index (κ2) is 5.86. The zero-order chi connectivity index (χ0) is 16.6. The summed E-state index contributed by atoms with van der Waals surface area (Å²) in [6, 6.07) is 2.04. The van der Waals surface area contributed by atoms with Crippen molar-refractivity contribution in [2.24, 2.45) is 0 Å². The number of carbonyl (C=O) groups is 2. The molecule has 2 amide bonds. The Morgan fingerprint density at radius 3 is 2.78 bits per heavy atom. The van der Waals surface area contributed by atoms with Gasteiger partial charge in [0.05, 0.1) is 18.8 Å². The zero-order valence-electron chi connectivity index (χ0n) is 14.0. The van der Waals surface area contributed by atoms with Crippen LogP contribution in [-0.4, -0.2) is 63.9 Å². The summed E-state index contributed by atoms with van der Waals surface area (Å²) in [7, 11) is 1.73. The number of carbonyl (C=O) groups excluding carboxylic acids is 2. The Kier molecular flexibility index (Phi) is 4.04. The first-order chi connectivity index (χ1) is 10.9. The van der Waals surface area contributed by atoms with E-state index >= 15 is 0 Å². The van der Waals surface area contributed by atoms with E-state index in [2.05, 4.69) is 5.10 Å². The van der Waals surface area contributed by atoms with Gasteiger partial charge in [0.25, 0.3) is 0 Å². The number of amides is 2. The lowest BCUT2D eigenvalue weighted by Gasteiger charge is -2.21. The van der Waals surface area contributed by atoms with Crippen molar-refractivity contribution in [3.63, 3.8) is 0 Å². The van der Waals surface area contributed by atoms with Crippen molar-refractivity contribution >= 4 is 12.0 Å². The molecule has 1 atom stereocenters. The lowest BCUT2D eigenvalue weighted by molar-refractivity contribution is -0.131. The van der Waals surface area contributed by atoms with Gasteiger partial charge < -0.3 is 14.5 Å². The van der Waals surface area contributed by atoms with Gasteiger partial charge in [0.15, 0.2) is 5.60 Å². The molecule has 2 fully saturated rings. The lowest BCUT2D eigenvalue weighted by atomic mass is 10.0. The van der Waals surface area contributed by atoms with Crippen LogP contribution in [0.1, 0.15) is 30.7 Å². The van der Waals surface area contributed by atoms with Crippen molar-refractivity contribution in [2.75, 3.05) is 26.7 Å². The first-order valence-corrected chi connectivity index (χ1v) is 8.11. The zero-order valence-corrected chi connectivity index (χ0v) is 14.0. The Morgan fingerprint density at radius 2 is 2.17 bits per heavy atom. The summed E-state index contributed by atoms with van der Waals surface area (Å²) in [5.74, 6) is 0.133. The van der Waals surface area contributed by atoms with Crippen LogP contribution in [0.2, 0.25) is 0 Å². The van der Waals surface area contributed by atoms with Crippen LogP contribution in [0.3, 0.4) is 0 Å². The minimum atomic E-state index is -0.489. The van der Waals surface area contributed by atoms with E-state index in [-0.39, 0.29) is 12.0 Å². The quantitative estimate of drug-likeness (QED) is 0.839. The van der Waals surface area contributed by atoms with Gasteiger partial charge in [-0.1, -0.05) is 0 Å². The van der Waals surface area contributed by atoms with Crippen LogP contribution in [0.4, 0.5) is 4.79 Å². The minimum Gasteiger partial charge on any atom is -0.439 e. The topological polar surface area (TPSA) is 67.7 Å². The van der Waals surface area contributed by atoms with Crippen molar-refractivity contribution < 1.29 is 14.3 Å². The molecule has 7 nitrogen and oxygen atoms in total. The molecule has 2 aliphatic heterocycles. The van der Waals surface area contributed by atoms with E-state index in [0.29, 0.717) is 26.1 Å². The third kappa shape index (κ3) is 3.18. The summed E-state index contributed by atoms with van der Waals surface area (Å²) in [5, 5.41) is 4.41. The van der Waals surface area contributed by atoms with Crippen LogP contribution in [0.5, 0.6) is 0 Å². The number of aryl methyl sites for hydroxylation is 3. The fourth-order valence-corrected chi connectivity index (χ4v) is 3.50. The number of hydrogen-bond donors (Lipinski definition) is 0. The van der Waals surface area contributed by atoms with Crippen LogP contribution in [-0.2, 0) is 16.1 Å². The average Bonchev–Trinajstić information content (AvgIpc) is 3.10. The number of likely N-dealkylation sites (N-methyl/N-ethyl adjacent to an activating group) is 1. The van der Waals surface area contributed by atoms with Crippen molar-refractivity contribution in [3.05, 3.63) is 17.5 Å². The molecule has 0 aliphatic carbocycles. The van der Waals surface area contributed by atoms with E-state index in [1.807, 2.05) is 29.5 Å². The number of nitrogens with zero attached hydrogens (tertiary/aromatic N) is 4. The van der Waals surface area contributed by atoms with Gasteiger partial charge in [-0.25, -0.2) is 4.79 Å². The molecule has 1 unspecified atom stereocenters. The molecule has 23 heavy (non-hydrogen) atoms. The van der Waals surface area contributed by atoms with E-state index in [1.54, 1.807) is 11.9 Å². The van der Waals surface area contributed by atoms with Gasteiger partial charge in [-0.05, 0) is 26.3 Å². The normalized spacial score (nSPS) is 23.9. The molecule has 0 aromatic carbocycles. The van der Waals surface area contributed by atoms with Gasteiger partial charge in [0.1, 0.15) is 0 Å². The molecule has 1 aromatic rings. The van der Waals surface area contributed by atoms with Gasteiger partial charge in [0, 0.05) is 38.7 Å². The smallest absolute Gasteiger partial charge is 0.410 e. The van der Waals surface area contributed by atoms with Crippen LogP contribution >= 0.6 is 0 Å². The third-order valence-corrected chi connectivity index (χ3v) is 4.67. The van der Waals surface area contributed by atoms with Gasteiger partial charge in [0.2, 0.25) is 5.91 Å². The van der Waals surface area contributed by atoms with E-state index in [9.17, 15) is 9.59 Å². The molecule has 126 valence electrons. The molecular formula is C16H24N4O3. The molecule has 0 bridgehead atoms. The molecule has 2 saturated heterocycles. The third-order valence-electron chi connectivity index (χ3n) is 4.67. The Hall–Kier alpha value is -2.05. The number of rotatable bonds is 4. The maximum Gasteiger partial charge on any atom is 0.410 e. The molecule has 0 radical (unpaired) electrons. The average molecular weight is 320 g/mol. The van der Waals surface area contributed by atoms with E-state index in [1.165, 1.54) is 0 Å². The molecular weight excluding hydrogens is 296 g/mol. The summed E-state index contributed by atoms with van der Waals surface area (Å²) in [5.41, 5.74) is 1.63. The Balaban J connectivity index is 1.48. The van der Waals surface area contributed by atoms with E-state index in [4.69, 9.17) is 4.74 Å². The largest absolute Gasteiger partial charge is 0.439 e. The highest BCUT2D eigenvalue weighted by atomic mass is 16.6. The molecule has 1 aromatic heterocycles. The summed E-state index contributed by atoms with van der Waals surface area (Å²) in [6.07, 6.45) is 1.71. The highest BCUT2D eigenvalue weighted by molar-refractivity contribution is 5.77. The number of hydrogen-bond acceptors (Lipinski definition) is 4. The summed E-state index contributed by atoms with van der Waals surface area (Å²) in [4.78, 5) is 27.3. The molecule has 2 aliphatic rings. The van der Waals surface area contributed by atoms with Gasteiger partial charge in [-0.3, -0.25) is 9.48 Å². The van der Waals surface area contributed by atoms with Crippen LogP contribution in [0.15, 0.2) is 6.07 Å². The van der Waals surface area contributed by atoms with Gasteiger partial charge >= 0.3 is 6.09 Å². The van der Waals surface area contributed by atoms with Crippen LogP contribution < -0.4 is 0 Å². The second-order valence-electron chi connectivity index (χ2n) is 6.73. The molecule has 7 heteroatoms. The van der Waals surface area contributed by atoms with Crippen LogP contribution in [0, 0.1) is 13.8 Å². The summed E-state index contributed by atoms with van der Waals surface area (Å²) < 4.78 is 7.42. The molecule has 0 saturated carbocycles. The van der Waals surface area contributed by atoms with Gasteiger partial charge in [-0.15, -0.1) is 0 Å². The van der Waals surface area contributed by atoms with Crippen molar-refractivity contribution in [1.82, 2.24) is 19.6 Å². The lowest BCUT2D eigenvalue weighted by Crippen LogP contribution is -2.39. The predicted octanol–water partition coefficient (Wildman–Crippen LogP) is 1.33. The Morgan fingerprint density at radius 1 is 1.39 bits per heavy atom. The number of likely N-dealkylation sites (tertiary alicyclic amines) is 1. The van der Waals surface area contributed by atoms with E-state index < -0.39 is 5.60 Å². The minimum absolute atomic E-state index is 0.133. The summed E-state index contributed by atoms with van der Waals surface area (Å²) >= 11 is 0. The Bertz CT molecular complexity index is 627. The van der Waals surface area contributed by atoms with Crippen LogP contribution in [0.25, 0.3) is 0 Å². The fraction of sp³-hybridized carbons (Fsp3) is 0.688. The maximum atomic E-state index is 12.4. The monoisotopic (exact) mass is 320 g/mol. The van der Waals surface area contributed by atoms with Crippen molar-refractivity contribution in [1.29, 1.82) is 0 Å². The predicted molar refractivity (Wildman–Crippen MR) is 84.0 cm³/mol. The molecule has 0 N–H and O–H groups in total. The SMILES string of the molecule is Cc1cc(C)n(CCCC(=O)N2CCC3(CN(C)C(=O)O3)C2)n1.